The molecule has 86 valence electrons. The maximum absolute atomic E-state index is 11.1. The van der Waals surface area contributed by atoms with E-state index in [0.29, 0.717) is 5.06 Å². The van der Waals surface area contributed by atoms with Crippen LogP contribution in [-0.2, 0) is 28.1 Å². The van der Waals surface area contributed by atoms with Gasteiger partial charge in [0.1, 0.15) is 0 Å². The Kier molecular flexibility index (Phi) is 3.87. The van der Waals surface area contributed by atoms with Crippen LogP contribution in [0.25, 0.3) is 0 Å². The van der Waals surface area contributed by atoms with Crippen LogP contribution < -0.4 is 0 Å². The largest absolute Gasteiger partial charge is 0.778 e. The summed E-state index contributed by atoms with van der Waals surface area (Å²) in [6.45, 7) is 4.62. The molecule has 0 spiro atoms. The minimum absolute atomic E-state index is 0.00353. The number of amides is 2. The second-order valence-corrected chi connectivity index (χ2v) is 3.84. The van der Waals surface area contributed by atoms with E-state index in [-0.39, 0.29) is 18.4 Å². The predicted octanol–water partition coefficient (Wildman–Crippen LogP) is 0.844. The molecule has 1 aliphatic heterocycles. The maximum Gasteiger partial charge on any atom is 0.778 e. The lowest BCUT2D eigenvalue weighted by atomic mass is 10.4. The van der Waals surface area contributed by atoms with Crippen molar-refractivity contribution in [2.24, 2.45) is 0 Å². The smallest absolute Gasteiger partial charge is 0.272 e. The van der Waals surface area contributed by atoms with Crippen molar-refractivity contribution in [1.29, 1.82) is 0 Å². The molecule has 0 aliphatic carbocycles. The lowest BCUT2D eigenvalue weighted by Gasteiger charge is -2.01. The Labute approximate surface area is 91.9 Å². The predicted molar refractivity (Wildman–Crippen MR) is 50.7 cm³/mol. The van der Waals surface area contributed by atoms with E-state index in [0.717, 1.165) is 0 Å². The molecule has 0 aromatic rings. The van der Waals surface area contributed by atoms with Gasteiger partial charge in [0.15, 0.2) is 0 Å². The van der Waals surface area contributed by atoms with Crippen molar-refractivity contribution in [3.63, 3.8) is 0 Å². The van der Waals surface area contributed by atoms with E-state index in [9.17, 15) is 18.9 Å². The average Bonchev–Trinajstić information content (AvgIpc) is 2.49. The first-order valence-corrected chi connectivity index (χ1v) is 5.40. The van der Waals surface area contributed by atoms with Crippen molar-refractivity contribution < 1.29 is 28.1 Å². The van der Waals surface area contributed by atoms with Crippen LogP contribution in [-0.4, -0.2) is 22.8 Å². The Morgan fingerprint density at radius 2 is 1.88 bits per heavy atom. The summed E-state index contributed by atoms with van der Waals surface area (Å²) in [5.41, 5.74) is 0.0334. The van der Waals surface area contributed by atoms with Crippen molar-refractivity contribution in [1.82, 2.24) is 5.06 Å². The van der Waals surface area contributed by atoms with Gasteiger partial charge >= 0.3 is 14.2 Å². The van der Waals surface area contributed by atoms with Gasteiger partial charge in [0.25, 0.3) is 11.8 Å². The van der Waals surface area contributed by atoms with Gasteiger partial charge in [-0.3, -0.25) is 9.59 Å². The molecular formula is C8H9NO6P+. The molecule has 0 aromatic heterocycles. The van der Waals surface area contributed by atoms with Crippen molar-refractivity contribution in [3.05, 3.63) is 12.2 Å². The van der Waals surface area contributed by atoms with E-state index in [4.69, 9.17) is 0 Å². The third kappa shape index (κ3) is 2.95. The third-order valence-corrected chi connectivity index (χ3v) is 2.27. The minimum atomic E-state index is -2.89. The van der Waals surface area contributed by atoms with E-state index in [1.54, 1.807) is 0 Å². The van der Waals surface area contributed by atoms with Crippen LogP contribution >= 0.6 is 8.25 Å². The molecule has 1 heterocycles. The zero-order chi connectivity index (χ0) is 12.3. The number of carbonyl (C=O) groups excluding carboxylic acids is 3. The first-order valence-electron chi connectivity index (χ1n) is 4.30. The molecule has 16 heavy (non-hydrogen) atoms. The normalized spacial score (nSPS) is 16.3. The topological polar surface area (TPSA) is 90.0 Å². The SMILES string of the molecule is C=C(C)C(=O)O[P+](=O)ON1C(=O)CCC1=O. The Morgan fingerprint density at radius 3 is 2.31 bits per heavy atom. The van der Waals surface area contributed by atoms with Gasteiger partial charge in [0.2, 0.25) is 0 Å². The van der Waals surface area contributed by atoms with Gasteiger partial charge in [0, 0.05) is 27.6 Å². The van der Waals surface area contributed by atoms with Crippen molar-refractivity contribution in [3.8, 4) is 0 Å². The average molecular weight is 246 g/mol. The van der Waals surface area contributed by atoms with Gasteiger partial charge in [-0.2, -0.15) is 4.52 Å². The molecule has 8 heteroatoms. The second-order valence-electron chi connectivity index (χ2n) is 3.05. The molecule has 0 radical (unpaired) electrons. The first kappa shape index (κ1) is 12.5. The summed E-state index contributed by atoms with van der Waals surface area (Å²) in [6.07, 6.45) is -0.00707. The van der Waals surface area contributed by atoms with Crippen LogP contribution in [0, 0.1) is 0 Å². The molecule has 1 unspecified atom stereocenters. The fourth-order valence-electron chi connectivity index (χ4n) is 0.876. The maximum atomic E-state index is 11.1. The first-order chi connectivity index (χ1) is 7.41. The molecular weight excluding hydrogens is 237 g/mol. The Bertz CT molecular complexity index is 374. The standard InChI is InChI=1S/C8H9NO6P/c1-5(2)8(12)14-16(13)15-9-6(10)3-4-7(9)11/h1,3-4H2,2H3/q+1. The highest BCUT2D eigenvalue weighted by Crippen LogP contribution is 2.29. The number of hydrogen-bond acceptors (Lipinski definition) is 6. The number of rotatable bonds is 4. The number of hydroxylamine groups is 2. The van der Waals surface area contributed by atoms with E-state index in [2.05, 4.69) is 15.7 Å². The number of nitrogens with zero attached hydrogens (tertiary/aromatic N) is 1. The van der Waals surface area contributed by atoms with E-state index >= 15 is 0 Å². The minimum Gasteiger partial charge on any atom is -0.272 e. The molecule has 1 saturated heterocycles. The van der Waals surface area contributed by atoms with Crippen molar-refractivity contribution in [2.75, 3.05) is 0 Å². The summed E-state index contributed by atoms with van der Waals surface area (Å²) < 4.78 is 19.8. The van der Waals surface area contributed by atoms with Gasteiger partial charge in [-0.25, -0.2) is 4.79 Å². The lowest BCUT2D eigenvalue weighted by Crippen LogP contribution is -2.27. The summed E-state index contributed by atoms with van der Waals surface area (Å²) in [6, 6.07) is 0. The molecule has 7 nitrogen and oxygen atoms in total. The van der Waals surface area contributed by atoms with Crippen LogP contribution in [0.2, 0.25) is 0 Å². The second kappa shape index (κ2) is 4.96. The highest BCUT2D eigenvalue weighted by atomic mass is 31.1. The number of carbonyl (C=O) groups is 3. The Balaban J connectivity index is 2.52. The lowest BCUT2D eigenvalue weighted by molar-refractivity contribution is -0.166. The van der Waals surface area contributed by atoms with Crippen LogP contribution in [0.1, 0.15) is 19.8 Å². The molecule has 0 bridgehead atoms. The fourth-order valence-corrected chi connectivity index (χ4v) is 1.52. The molecule has 1 rings (SSSR count). The van der Waals surface area contributed by atoms with Crippen LogP contribution in [0.4, 0.5) is 0 Å². The van der Waals surface area contributed by atoms with Crippen molar-refractivity contribution in [2.45, 2.75) is 19.8 Å². The van der Waals surface area contributed by atoms with E-state index in [1.165, 1.54) is 6.92 Å². The highest BCUT2D eigenvalue weighted by Gasteiger charge is 2.40. The van der Waals surface area contributed by atoms with Crippen LogP contribution in [0.5, 0.6) is 0 Å². The van der Waals surface area contributed by atoms with Crippen molar-refractivity contribution >= 4 is 26.0 Å². The summed E-state index contributed by atoms with van der Waals surface area (Å²) in [5, 5.41) is 0.352. The van der Waals surface area contributed by atoms with E-state index in [1.807, 2.05) is 0 Å². The van der Waals surface area contributed by atoms with Crippen LogP contribution in [0.15, 0.2) is 12.2 Å². The molecule has 1 aliphatic rings. The third-order valence-electron chi connectivity index (χ3n) is 1.66. The zero-order valence-corrected chi connectivity index (χ0v) is 9.36. The highest BCUT2D eigenvalue weighted by molar-refractivity contribution is 7.34. The zero-order valence-electron chi connectivity index (χ0n) is 8.47. The molecule has 0 saturated carbocycles. The molecule has 1 atom stereocenters. The fraction of sp³-hybridized carbons (Fsp3) is 0.375. The Morgan fingerprint density at radius 1 is 1.38 bits per heavy atom. The summed E-state index contributed by atoms with van der Waals surface area (Å²) in [7, 11) is -2.89. The van der Waals surface area contributed by atoms with Gasteiger partial charge in [-0.05, 0) is 6.92 Å². The van der Waals surface area contributed by atoms with Gasteiger partial charge in [0.05, 0.1) is 0 Å². The molecule has 2 amide bonds. The monoisotopic (exact) mass is 246 g/mol. The van der Waals surface area contributed by atoms with Gasteiger partial charge in [-0.15, -0.1) is 5.06 Å². The van der Waals surface area contributed by atoms with Gasteiger partial charge < -0.3 is 0 Å². The Hall–Kier alpha value is -1.59. The van der Waals surface area contributed by atoms with Crippen LogP contribution in [0.3, 0.4) is 0 Å². The molecule has 1 fully saturated rings. The van der Waals surface area contributed by atoms with E-state index < -0.39 is 26.0 Å². The summed E-state index contributed by atoms with van der Waals surface area (Å²) in [4.78, 5) is 33.0. The quantitative estimate of drug-likeness (QED) is 0.415. The molecule has 0 aromatic carbocycles. The number of imide groups is 1. The molecule has 0 N–H and O–H groups in total. The summed E-state index contributed by atoms with van der Waals surface area (Å²) >= 11 is 0. The number of hydrogen-bond donors (Lipinski definition) is 0. The van der Waals surface area contributed by atoms with Gasteiger partial charge in [-0.1, -0.05) is 6.58 Å². The summed E-state index contributed by atoms with van der Waals surface area (Å²) in [5.74, 6) is -2.14.